The molecule has 1 rings (SSSR count). The zero-order valence-electron chi connectivity index (χ0n) is 6.55. The normalized spacial score (nSPS) is 14.2. The predicted molar refractivity (Wildman–Crippen MR) is 40.6 cm³/mol. The molecular weight excluding hydrogens is 183 g/mol. The number of hydrogen-bond donors (Lipinski definition) is 2. The van der Waals surface area contributed by atoms with Crippen molar-refractivity contribution in [1.82, 2.24) is 0 Å². The zero-order chi connectivity index (χ0) is 10.1. The van der Waals surface area contributed by atoms with Crippen molar-refractivity contribution in [1.29, 1.82) is 0 Å². The first-order valence-corrected chi connectivity index (χ1v) is 3.52. The predicted octanol–water partition coefficient (Wildman–Crippen LogP) is 1.66. The van der Waals surface area contributed by atoms with Gasteiger partial charge in [-0.15, -0.1) is 0 Å². The first-order valence-electron chi connectivity index (χ1n) is 3.52. The molecular formula is C8H8F3NO. The van der Waals surface area contributed by atoms with Crippen molar-refractivity contribution in [2.24, 2.45) is 5.73 Å². The SMILES string of the molecule is NC(O)c1ccc(C(F)(F)F)cc1. The van der Waals surface area contributed by atoms with Crippen molar-refractivity contribution < 1.29 is 18.3 Å². The Morgan fingerprint density at radius 3 is 1.92 bits per heavy atom. The van der Waals surface area contributed by atoms with Crippen molar-refractivity contribution in [3.63, 3.8) is 0 Å². The monoisotopic (exact) mass is 191 g/mol. The maximum absolute atomic E-state index is 12.0. The van der Waals surface area contributed by atoms with E-state index in [0.29, 0.717) is 0 Å². The third-order valence-corrected chi connectivity index (χ3v) is 1.58. The number of alkyl halides is 3. The van der Waals surface area contributed by atoms with E-state index in [2.05, 4.69) is 0 Å². The van der Waals surface area contributed by atoms with E-state index in [1.54, 1.807) is 0 Å². The number of benzene rings is 1. The molecule has 0 saturated carbocycles. The number of rotatable bonds is 1. The van der Waals surface area contributed by atoms with E-state index in [4.69, 9.17) is 10.8 Å². The van der Waals surface area contributed by atoms with Crippen LogP contribution in [0.1, 0.15) is 17.4 Å². The van der Waals surface area contributed by atoms with E-state index < -0.39 is 18.0 Å². The molecule has 0 aliphatic carbocycles. The van der Waals surface area contributed by atoms with Gasteiger partial charge < -0.3 is 10.8 Å². The van der Waals surface area contributed by atoms with Crippen LogP contribution < -0.4 is 5.73 Å². The molecule has 0 fully saturated rings. The van der Waals surface area contributed by atoms with E-state index in [0.717, 1.165) is 24.3 Å². The highest BCUT2D eigenvalue weighted by atomic mass is 19.4. The summed E-state index contributed by atoms with van der Waals surface area (Å²) in [6, 6.07) is 4.05. The Labute approximate surface area is 72.8 Å². The van der Waals surface area contributed by atoms with Gasteiger partial charge in [0.1, 0.15) is 6.23 Å². The third kappa shape index (κ3) is 2.43. The first kappa shape index (κ1) is 10.0. The van der Waals surface area contributed by atoms with E-state index in [1.165, 1.54) is 0 Å². The average molecular weight is 191 g/mol. The van der Waals surface area contributed by atoms with Crippen LogP contribution in [0.4, 0.5) is 13.2 Å². The summed E-state index contributed by atoms with van der Waals surface area (Å²) in [5, 5.41) is 8.81. The smallest absolute Gasteiger partial charge is 0.375 e. The molecule has 5 heteroatoms. The van der Waals surface area contributed by atoms with Gasteiger partial charge in [0.2, 0.25) is 0 Å². The van der Waals surface area contributed by atoms with Crippen molar-refractivity contribution in [2.75, 3.05) is 0 Å². The largest absolute Gasteiger partial charge is 0.416 e. The summed E-state index contributed by atoms with van der Waals surface area (Å²) in [4.78, 5) is 0. The van der Waals surface area contributed by atoms with Crippen molar-refractivity contribution in [3.05, 3.63) is 35.4 Å². The lowest BCUT2D eigenvalue weighted by molar-refractivity contribution is -0.137. The molecule has 0 amide bonds. The Kier molecular flexibility index (Phi) is 2.58. The molecule has 1 unspecified atom stereocenters. The van der Waals surface area contributed by atoms with Crippen LogP contribution in [0.3, 0.4) is 0 Å². The van der Waals surface area contributed by atoms with Crippen LogP contribution in [0, 0.1) is 0 Å². The highest BCUT2D eigenvalue weighted by molar-refractivity contribution is 5.25. The third-order valence-electron chi connectivity index (χ3n) is 1.58. The Morgan fingerprint density at radius 1 is 1.15 bits per heavy atom. The minimum absolute atomic E-state index is 0.257. The molecule has 0 heterocycles. The van der Waals surface area contributed by atoms with Gasteiger partial charge in [-0.3, -0.25) is 0 Å². The second kappa shape index (κ2) is 3.35. The second-order valence-electron chi connectivity index (χ2n) is 2.56. The van der Waals surface area contributed by atoms with Crippen LogP contribution in [0.25, 0.3) is 0 Å². The summed E-state index contributed by atoms with van der Waals surface area (Å²) in [6.07, 6.45) is -5.58. The lowest BCUT2D eigenvalue weighted by Crippen LogP contribution is -2.10. The minimum atomic E-state index is -4.35. The van der Waals surface area contributed by atoms with Crippen molar-refractivity contribution in [2.45, 2.75) is 12.4 Å². The van der Waals surface area contributed by atoms with E-state index in [-0.39, 0.29) is 5.56 Å². The molecule has 1 aromatic rings. The number of nitrogens with two attached hydrogens (primary N) is 1. The molecule has 0 aliphatic heterocycles. The summed E-state index contributed by atoms with van der Waals surface area (Å²) in [6.45, 7) is 0. The van der Waals surface area contributed by atoms with Gasteiger partial charge in [-0.1, -0.05) is 12.1 Å². The zero-order valence-corrected chi connectivity index (χ0v) is 6.55. The highest BCUT2D eigenvalue weighted by Crippen LogP contribution is 2.29. The topological polar surface area (TPSA) is 46.2 Å². The highest BCUT2D eigenvalue weighted by Gasteiger charge is 2.29. The first-order chi connectivity index (χ1) is 5.91. The number of aliphatic hydroxyl groups excluding tert-OH is 1. The van der Waals surface area contributed by atoms with Crippen LogP contribution >= 0.6 is 0 Å². The lowest BCUT2D eigenvalue weighted by atomic mass is 10.1. The van der Waals surface area contributed by atoms with Gasteiger partial charge in [-0.2, -0.15) is 13.2 Å². The number of hydrogen-bond acceptors (Lipinski definition) is 2. The Bertz CT molecular complexity index is 278. The lowest BCUT2D eigenvalue weighted by Gasteiger charge is -2.08. The minimum Gasteiger partial charge on any atom is -0.375 e. The Morgan fingerprint density at radius 2 is 1.62 bits per heavy atom. The fourth-order valence-corrected chi connectivity index (χ4v) is 0.869. The Balaban J connectivity index is 2.94. The van der Waals surface area contributed by atoms with Gasteiger partial charge in [0.25, 0.3) is 0 Å². The molecule has 0 saturated heterocycles. The summed E-state index contributed by atoms with van der Waals surface area (Å²) in [5.74, 6) is 0. The molecule has 0 spiro atoms. The van der Waals surface area contributed by atoms with Gasteiger partial charge in [-0.25, -0.2) is 0 Å². The fourth-order valence-electron chi connectivity index (χ4n) is 0.869. The van der Waals surface area contributed by atoms with E-state index >= 15 is 0 Å². The van der Waals surface area contributed by atoms with Gasteiger partial charge in [0.05, 0.1) is 5.56 Å². The van der Waals surface area contributed by atoms with Gasteiger partial charge in [0.15, 0.2) is 0 Å². The van der Waals surface area contributed by atoms with Gasteiger partial charge >= 0.3 is 6.18 Å². The van der Waals surface area contributed by atoms with Crippen LogP contribution in [-0.4, -0.2) is 5.11 Å². The molecule has 0 aromatic heterocycles. The van der Waals surface area contributed by atoms with Crippen molar-refractivity contribution in [3.8, 4) is 0 Å². The molecule has 2 nitrogen and oxygen atoms in total. The van der Waals surface area contributed by atoms with Crippen LogP contribution in [0.15, 0.2) is 24.3 Å². The van der Waals surface area contributed by atoms with E-state index in [1.807, 2.05) is 0 Å². The van der Waals surface area contributed by atoms with Gasteiger partial charge in [0, 0.05) is 0 Å². The summed E-state index contributed by atoms with van der Waals surface area (Å²) in [5.41, 5.74) is 4.55. The maximum atomic E-state index is 12.0. The molecule has 3 N–H and O–H groups in total. The summed E-state index contributed by atoms with van der Waals surface area (Å²) >= 11 is 0. The van der Waals surface area contributed by atoms with E-state index in [9.17, 15) is 13.2 Å². The quantitative estimate of drug-likeness (QED) is 0.663. The molecule has 0 radical (unpaired) electrons. The Hall–Kier alpha value is -1.07. The second-order valence-corrected chi connectivity index (χ2v) is 2.56. The number of halogens is 3. The fraction of sp³-hybridized carbons (Fsp3) is 0.250. The van der Waals surface area contributed by atoms with Gasteiger partial charge in [-0.05, 0) is 17.7 Å². The number of aliphatic hydroxyl groups is 1. The molecule has 0 bridgehead atoms. The molecule has 0 aliphatic rings. The van der Waals surface area contributed by atoms with Crippen molar-refractivity contribution >= 4 is 0 Å². The average Bonchev–Trinajstić information content (AvgIpc) is 2.03. The van der Waals surface area contributed by atoms with Crippen LogP contribution in [0.5, 0.6) is 0 Å². The maximum Gasteiger partial charge on any atom is 0.416 e. The molecule has 1 aromatic carbocycles. The molecule has 13 heavy (non-hydrogen) atoms. The summed E-state index contributed by atoms with van der Waals surface area (Å²) < 4.78 is 36.1. The molecule has 1 atom stereocenters. The van der Waals surface area contributed by atoms with Crippen LogP contribution in [-0.2, 0) is 6.18 Å². The van der Waals surface area contributed by atoms with Crippen LogP contribution in [0.2, 0.25) is 0 Å². The standard InChI is InChI=1S/C8H8F3NO/c9-8(10,11)6-3-1-5(2-4-6)7(12)13/h1-4,7,13H,12H2. The summed E-state index contributed by atoms with van der Waals surface area (Å²) in [7, 11) is 0. The molecule has 72 valence electrons.